The topological polar surface area (TPSA) is 69.7 Å². The molecule has 0 saturated carbocycles. The molecule has 2 fully saturated rings. The monoisotopic (exact) mass is 333 g/mol. The molecule has 2 saturated heterocycles. The summed E-state index contributed by atoms with van der Waals surface area (Å²) < 4.78 is 13.9. The smallest absolute Gasteiger partial charge is 0.256 e. The summed E-state index contributed by atoms with van der Waals surface area (Å²) >= 11 is 0. The predicted octanol–water partition coefficient (Wildman–Crippen LogP) is 0.553. The van der Waals surface area contributed by atoms with Crippen LogP contribution in [0.5, 0.6) is 0 Å². The molecule has 2 heterocycles. The average Bonchev–Trinajstić information content (AvgIpc) is 2.86. The van der Waals surface area contributed by atoms with E-state index in [2.05, 4.69) is 5.32 Å². The van der Waals surface area contributed by atoms with Gasteiger partial charge in [0.15, 0.2) is 0 Å². The highest BCUT2D eigenvalue weighted by Gasteiger charge is 2.43. The van der Waals surface area contributed by atoms with E-state index in [1.165, 1.54) is 17.0 Å². The number of rotatable bonds is 3. The highest BCUT2D eigenvalue weighted by atomic mass is 19.1. The van der Waals surface area contributed by atoms with Crippen molar-refractivity contribution >= 4 is 17.7 Å². The second-order valence-electron chi connectivity index (χ2n) is 6.41. The van der Waals surface area contributed by atoms with Crippen LogP contribution in [0.25, 0.3) is 0 Å². The molecule has 1 aromatic rings. The van der Waals surface area contributed by atoms with Gasteiger partial charge < -0.3 is 15.1 Å². The number of benzene rings is 1. The van der Waals surface area contributed by atoms with Gasteiger partial charge in [-0.2, -0.15) is 0 Å². The molecule has 128 valence electrons. The van der Waals surface area contributed by atoms with Crippen LogP contribution in [0.3, 0.4) is 0 Å². The lowest BCUT2D eigenvalue weighted by Gasteiger charge is -2.44. The normalized spacial score (nSPS) is 21.0. The average molecular weight is 333 g/mol. The Labute approximate surface area is 139 Å². The highest BCUT2D eigenvalue weighted by Crippen LogP contribution is 2.26. The van der Waals surface area contributed by atoms with Crippen LogP contribution < -0.4 is 5.32 Å². The largest absolute Gasteiger partial charge is 0.359 e. The molecule has 1 atom stereocenters. The van der Waals surface area contributed by atoms with Crippen molar-refractivity contribution < 1.29 is 18.8 Å². The lowest BCUT2D eigenvalue weighted by atomic mass is 10.0. The third-order valence-electron chi connectivity index (χ3n) is 4.72. The van der Waals surface area contributed by atoms with E-state index in [9.17, 15) is 18.8 Å². The maximum atomic E-state index is 13.9. The summed E-state index contributed by atoms with van der Waals surface area (Å²) in [4.78, 5) is 39.2. The van der Waals surface area contributed by atoms with Gasteiger partial charge in [-0.15, -0.1) is 0 Å². The predicted molar refractivity (Wildman–Crippen MR) is 84.7 cm³/mol. The maximum Gasteiger partial charge on any atom is 0.256 e. The molecule has 0 aliphatic carbocycles. The zero-order valence-electron chi connectivity index (χ0n) is 13.7. The summed E-state index contributed by atoms with van der Waals surface area (Å²) in [6, 6.07) is 4.43. The van der Waals surface area contributed by atoms with Crippen LogP contribution in [-0.2, 0) is 9.59 Å². The molecule has 6 nitrogen and oxygen atoms in total. The van der Waals surface area contributed by atoms with Crippen molar-refractivity contribution in [3.05, 3.63) is 35.1 Å². The SMILES string of the molecule is CNC(=O)C1CC(=O)N(C2CN(C(=O)c3ccc(C)cc3F)C2)C1. The number of halogens is 1. The molecule has 1 N–H and O–H groups in total. The van der Waals surface area contributed by atoms with Crippen molar-refractivity contribution in [2.75, 3.05) is 26.7 Å². The van der Waals surface area contributed by atoms with E-state index in [0.29, 0.717) is 19.6 Å². The van der Waals surface area contributed by atoms with Crippen molar-refractivity contribution in [1.29, 1.82) is 0 Å². The zero-order valence-corrected chi connectivity index (χ0v) is 13.7. The molecule has 1 aromatic carbocycles. The molecule has 3 rings (SSSR count). The van der Waals surface area contributed by atoms with Crippen LogP contribution in [0.1, 0.15) is 22.3 Å². The first-order chi connectivity index (χ1) is 11.4. The molecule has 2 aliphatic heterocycles. The lowest BCUT2D eigenvalue weighted by molar-refractivity contribution is -0.132. The van der Waals surface area contributed by atoms with Crippen molar-refractivity contribution in [1.82, 2.24) is 15.1 Å². The summed E-state index contributed by atoms with van der Waals surface area (Å²) in [7, 11) is 1.55. The molecule has 2 aliphatic rings. The van der Waals surface area contributed by atoms with Gasteiger partial charge in [0, 0.05) is 33.1 Å². The van der Waals surface area contributed by atoms with Gasteiger partial charge in [0.25, 0.3) is 5.91 Å². The van der Waals surface area contributed by atoms with Gasteiger partial charge in [-0.1, -0.05) is 6.07 Å². The van der Waals surface area contributed by atoms with Crippen LogP contribution in [-0.4, -0.2) is 60.2 Å². The van der Waals surface area contributed by atoms with E-state index in [-0.39, 0.29) is 41.7 Å². The maximum absolute atomic E-state index is 13.9. The Morgan fingerprint density at radius 3 is 2.58 bits per heavy atom. The number of carbonyl (C=O) groups is 3. The molecule has 0 radical (unpaired) electrons. The molecule has 7 heteroatoms. The van der Waals surface area contributed by atoms with Gasteiger partial charge in [-0.3, -0.25) is 14.4 Å². The number of likely N-dealkylation sites (tertiary alicyclic amines) is 2. The fourth-order valence-corrected chi connectivity index (χ4v) is 3.25. The number of hydrogen-bond donors (Lipinski definition) is 1. The zero-order chi connectivity index (χ0) is 17.4. The van der Waals surface area contributed by atoms with E-state index in [1.807, 2.05) is 0 Å². The van der Waals surface area contributed by atoms with Gasteiger partial charge in [0.2, 0.25) is 11.8 Å². The first-order valence-corrected chi connectivity index (χ1v) is 7.97. The summed E-state index contributed by atoms with van der Waals surface area (Å²) in [5.41, 5.74) is 0.809. The summed E-state index contributed by atoms with van der Waals surface area (Å²) in [6.45, 7) is 2.89. The minimum atomic E-state index is -0.527. The molecule has 0 aromatic heterocycles. The third-order valence-corrected chi connectivity index (χ3v) is 4.72. The summed E-state index contributed by atoms with van der Waals surface area (Å²) in [5.74, 6) is -1.43. The summed E-state index contributed by atoms with van der Waals surface area (Å²) in [5, 5.41) is 2.56. The van der Waals surface area contributed by atoms with Crippen LogP contribution in [0, 0.1) is 18.7 Å². The second kappa shape index (κ2) is 6.22. The van der Waals surface area contributed by atoms with Crippen LogP contribution in [0.2, 0.25) is 0 Å². The molecule has 1 unspecified atom stereocenters. The van der Waals surface area contributed by atoms with E-state index in [4.69, 9.17) is 0 Å². The van der Waals surface area contributed by atoms with Crippen LogP contribution in [0.15, 0.2) is 18.2 Å². The molecule has 0 spiro atoms. The Kier molecular flexibility index (Phi) is 4.26. The number of amides is 3. The Balaban J connectivity index is 1.60. The second-order valence-corrected chi connectivity index (χ2v) is 6.41. The van der Waals surface area contributed by atoms with E-state index in [1.54, 1.807) is 24.9 Å². The highest BCUT2D eigenvalue weighted by molar-refractivity contribution is 5.95. The number of nitrogens with one attached hydrogen (secondary N) is 1. The Morgan fingerprint density at radius 2 is 1.96 bits per heavy atom. The molecule has 0 bridgehead atoms. The van der Waals surface area contributed by atoms with E-state index >= 15 is 0 Å². The minimum absolute atomic E-state index is 0.0510. The number of nitrogens with zero attached hydrogens (tertiary/aromatic N) is 2. The van der Waals surface area contributed by atoms with Crippen LogP contribution in [0.4, 0.5) is 4.39 Å². The molecular formula is C17H20FN3O3. The van der Waals surface area contributed by atoms with Crippen molar-refractivity contribution in [3.8, 4) is 0 Å². The fourth-order valence-electron chi connectivity index (χ4n) is 3.25. The molecule has 24 heavy (non-hydrogen) atoms. The number of carbonyl (C=O) groups excluding carboxylic acids is 3. The first-order valence-electron chi connectivity index (χ1n) is 7.97. The Bertz CT molecular complexity index is 700. The fraction of sp³-hybridized carbons (Fsp3) is 0.471. The molecule has 3 amide bonds. The summed E-state index contributed by atoms with van der Waals surface area (Å²) in [6.07, 6.45) is 0.205. The minimum Gasteiger partial charge on any atom is -0.359 e. The van der Waals surface area contributed by atoms with Gasteiger partial charge in [0.1, 0.15) is 5.82 Å². The van der Waals surface area contributed by atoms with Gasteiger partial charge in [-0.25, -0.2) is 4.39 Å². The van der Waals surface area contributed by atoms with Crippen molar-refractivity contribution in [2.45, 2.75) is 19.4 Å². The molecular weight excluding hydrogens is 313 g/mol. The quantitative estimate of drug-likeness (QED) is 0.878. The Hall–Kier alpha value is -2.44. The van der Waals surface area contributed by atoms with Gasteiger partial charge >= 0.3 is 0 Å². The van der Waals surface area contributed by atoms with Gasteiger partial charge in [0.05, 0.1) is 17.5 Å². The lowest BCUT2D eigenvalue weighted by Crippen LogP contribution is -2.61. The van der Waals surface area contributed by atoms with Crippen molar-refractivity contribution in [2.24, 2.45) is 5.92 Å². The Morgan fingerprint density at radius 1 is 1.25 bits per heavy atom. The standard InChI is InChI=1S/C17H20FN3O3/c1-10-3-4-13(14(18)5-10)17(24)20-8-12(9-20)21-7-11(6-15(21)22)16(23)19-2/h3-5,11-12H,6-9H2,1-2H3,(H,19,23). The number of aryl methyl sites for hydroxylation is 1. The van der Waals surface area contributed by atoms with Crippen LogP contribution >= 0.6 is 0 Å². The van der Waals surface area contributed by atoms with E-state index < -0.39 is 5.82 Å². The first kappa shape index (κ1) is 16.4. The third kappa shape index (κ3) is 2.86. The van der Waals surface area contributed by atoms with E-state index in [0.717, 1.165) is 5.56 Å². The van der Waals surface area contributed by atoms with Crippen molar-refractivity contribution in [3.63, 3.8) is 0 Å². The number of hydrogen-bond acceptors (Lipinski definition) is 3. The van der Waals surface area contributed by atoms with Gasteiger partial charge in [-0.05, 0) is 24.6 Å².